The van der Waals surface area contributed by atoms with Crippen LogP contribution in [0.15, 0.2) is 83.1 Å². The molecule has 3 aromatic heterocycles. The monoisotopic (exact) mass is 415 g/mol. The summed E-state index contributed by atoms with van der Waals surface area (Å²) in [4.78, 5) is 9.74. The number of imidazole rings is 1. The zero-order valence-corrected chi connectivity index (χ0v) is 17.2. The Balaban J connectivity index is 1.21. The van der Waals surface area contributed by atoms with Gasteiger partial charge in [0.1, 0.15) is 17.9 Å². The summed E-state index contributed by atoms with van der Waals surface area (Å²) in [5.74, 6) is 1.55. The Kier molecular flexibility index (Phi) is 5.31. The first-order chi connectivity index (χ1) is 14.8. The fourth-order valence-electron chi connectivity index (χ4n) is 3.41. The molecule has 0 fully saturated rings. The van der Waals surface area contributed by atoms with Gasteiger partial charge in [-0.3, -0.25) is 0 Å². The van der Waals surface area contributed by atoms with E-state index < -0.39 is 0 Å². The maximum Gasteiger partial charge on any atom is 0.237 e. The Morgan fingerprint density at radius 2 is 2.03 bits per heavy atom. The van der Waals surface area contributed by atoms with Gasteiger partial charge in [-0.05, 0) is 59.7 Å². The highest BCUT2D eigenvalue weighted by Crippen LogP contribution is 2.28. The van der Waals surface area contributed by atoms with E-state index in [1.54, 1.807) is 11.3 Å². The summed E-state index contributed by atoms with van der Waals surface area (Å²) in [5, 5.41) is 2.02. The predicted molar refractivity (Wildman–Crippen MR) is 119 cm³/mol. The van der Waals surface area contributed by atoms with Gasteiger partial charge < -0.3 is 13.7 Å². The van der Waals surface area contributed by atoms with Gasteiger partial charge in [0, 0.05) is 18.9 Å². The molecule has 0 N–H and O–H groups in total. The Bertz CT molecular complexity index is 1230. The van der Waals surface area contributed by atoms with Crippen molar-refractivity contribution >= 4 is 22.4 Å². The highest BCUT2D eigenvalue weighted by Gasteiger charge is 2.10. The van der Waals surface area contributed by atoms with Crippen LogP contribution in [0.2, 0.25) is 0 Å². The molecule has 0 spiro atoms. The topological polar surface area (TPSA) is 53.1 Å². The molecule has 2 aromatic carbocycles. The molecule has 150 valence electrons. The van der Waals surface area contributed by atoms with E-state index in [2.05, 4.69) is 32.7 Å². The lowest BCUT2D eigenvalue weighted by molar-refractivity contribution is 0.306. The standard InChI is InChI=1S/C24H21N3O2S/c1-4-18(5-2-11-27-12-10-25-17-27)14-20(6-1)28-16-19-8-9-22-21(15-19)26-24(29-22)23-7-3-13-30-23/h1,3-4,6-10,12-15,17H,2,5,11,16H2. The Morgan fingerprint density at radius 1 is 1.03 bits per heavy atom. The van der Waals surface area contributed by atoms with Crippen molar-refractivity contribution in [3.8, 4) is 16.5 Å². The number of hydrogen-bond acceptors (Lipinski definition) is 5. The molecule has 0 atom stereocenters. The van der Waals surface area contributed by atoms with Crippen molar-refractivity contribution in [1.29, 1.82) is 0 Å². The predicted octanol–water partition coefficient (Wildman–Crippen LogP) is 5.96. The molecule has 30 heavy (non-hydrogen) atoms. The van der Waals surface area contributed by atoms with Crippen molar-refractivity contribution in [3.05, 3.63) is 89.8 Å². The Hall–Kier alpha value is -3.38. The molecule has 3 heterocycles. The van der Waals surface area contributed by atoms with Gasteiger partial charge in [-0.2, -0.15) is 0 Å². The zero-order chi connectivity index (χ0) is 20.2. The first-order valence-electron chi connectivity index (χ1n) is 9.94. The molecule has 5 aromatic rings. The molecule has 0 saturated heterocycles. The number of aryl methyl sites for hydroxylation is 2. The van der Waals surface area contributed by atoms with Crippen LogP contribution in [0.25, 0.3) is 21.9 Å². The molecule has 5 nitrogen and oxygen atoms in total. The largest absolute Gasteiger partial charge is 0.489 e. The van der Waals surface area contributed by atoms with E-state index in [-0.39, 0.29) is 0 Å². The second-order valence-electron chi connectivity index (χ2n) is 7.14. The normalized spacial score (nSPS) is 11.2. The number of ether oxygens (including phenoxy) is 1. The third-order valence-electron chi connectivity index (χ3n) is 4.93. The summed E-state index contributed by atoms with van der Waals surface area (Å²) in [6.07, 6.45) is 7.73. The third-order valence-corrected chi connectivity index (χ3v) is 5.79. The van der Waals surface area contributed by atoms with Gasteiger partial charge in [-0.25, -0.2) is 9.97 Å². The lowest BCUT2D eigenvalue weighted by atomic mass is 10.1. The SMILES string of the molecule is c1cc(CCCn2ccnc2)cc(OCc2ccc3oc(-c4cccs4)nc3c2)c1. The van der Waals surface area contributed by atoms with Crippen LogP contribution in [0.1, 0.15) is 17.5 Å². The summed E-state index contributed by atoms with van der Waals surface area (Å²) in [5.41, 5.74) is 3.99. The molecule has 0 saturated carbocycles. The number of fused-ring (bicyclic) bond motifs is 1. The molecule has 0 unspecified atom stereocenters. The average Bonchev–Trinajstić information content (AvgIpc) is 3.53. The number of hydrogen-bond donors (Lipinski definition) is 0. The second kappa shape index (κ2) is 8.55. The number of thiophene rings is 1. The summed E-state index contributed by atoms with van der Waals surface area (Å²) in [6.45, 7) is 1.46. The molecule has 0 aliphatic carbocycles. The van der Waals surface area contributed by atoms with Gasteiger partial charge in [-0.15, -0.1) is 11.3 Å². The highest BCUT2D eigenvalue weighted by molar-refractivity contribution is 7.13. The van der Waals surface area contributed by atoms with Gasteiger partial charge >= 0.3 is 0 Å². The third kappa shape index (κ3) is 4.28. The van der Waals surface area contributed by atoms with Crippen molar-refractivity contribution < 1.29 is 9.15 Å². The quantitative estimate of drug-likeness (QED) is 0.314. The second-order valence-corrected chi connectivity index (χ2v) is 8.09. The van der Waals surface area contributed by atoms with Crippen molar-refractivity contribution in [2.24, 2.45) is 0 Å². The molecule has 0 bridgehead atoms. The molecule has 0 amide bonds. The van der Waals surface area contributed by atoms with E-state index in [9.17, 15) is 0 Å². The molecule has 6 heteroatoms. The van der Waals surface area contributed by atoms with Crippen LogP contribution in [0.3, 0.4) is 0 Å². The van der Waals surface area contributed by atoms with Crippen LogP contribution in [0.4, 0.5) is 0 Å². The van der Waals surface area contributed by atoms with E-state index in [0.29, 0.717) is 12.5 Å². The smallest absolute Gasteiger partial charge is 0.237 e. The fourth-order valence-corrected chi connectivity index (χ4v) is 4.06. The minimum absolute atomic E-state index is 0.496. The summed E-state index contributed by atoms with van der Waals surface area (Å²) >= 11 is 1.62. The van der Waals surface area contributed by atoms with Crippen LogP contribution < -0.4 is 4.74 Å². The van der Waals surface area contributed by atoms with Crippen LogP contribution >= 0.6 is 11.3 Å². The number of nitrogens with zero attached hydrogens (tertiary/aromatic N) is 3. The first kappa shape index (κ1) is 18.6. The van der Waals surface area contributed by atoms with E-state index in [0.717, 1.165) is 46.7 Å². The van der Waals surface area contributed by atoms with E-state index in [1.165, 1.54) is 5.56 Å². The molecular formula is C24H21N3O2S. The van der Waals surface area contributed by atoms with Crippen LogP contribution in [0, 0.1) is 0 Å². The minimum Gasteiger partial charge on any atom is -0.489 e. The van der Waals surface area contributed by atoms with Gasteiger partial charge in [0.15, 0.2) is 5.58 Å². The summed E-state index contributed by atoms with van der Waals surface area (Å²) in [6, 6.07) is 18.4. The van der Waals surface area contributed by atoms with E-state index in [1.807, 2.05) is 60.5 Å². The number of rotatable bonds is 8. The van der Waals surface area contributed by atoms with Crippen LogP contribution in [-0.2, 0) is 19.6 Å². The summed E-state index contributed by atoms with van der Waals surface area (Å²) < 4.78 is 14.0. The van der Waals surface area contributed by atoms with Crippen molar-refractivity contribution in [2.45, 2.75) is 26.0 Å². The van der Waals surface area contributed by atoms with Crippen molar-refractivity contribution in [2.75, 3.05) is 0 Å². The van der Waals surface area contributed by atoms with E-state index >= 15 is 0 Å². The maximum absolute atomic E-state index is 6.04. The molecule has 0 radical (unpaired) electrons. The van der Waals surface area contributed by atoms with Gasteiger partial charge in [0.25, 0.3) is 0 Å². The molecular weight excluding hydrogens is 394 g/mol. The minimum atomic E-state index is 0.496. The molecule has 0 aliphatic heterocycles. The number of aromatic nitrogens is 3. The van der Waals surface area contributed by atoms with Crippen molar-refractivity contribution in [1.82, 2.24) is 14.5 Å². The Labute approximate surface area is 178 Å². The Morgan fingerprint density at radius 3 is 2.90 bits per heavy atom. The highest BCUT2D eigenvalue weighted by atomic mass is 32.1. The fraction of sp³-hybridized carbons (Fsp3) is 0.167. The molecule has 0 aliphatic rings. The zero-order valence-electron chi connectivity index (χ0n) is 16.4. The van der Waals surface area contributed by atoms with Crippen LogP contribution in [-0.4, -0.2) is 14.5 Å². The van der Waals surface area contributed by atoms with Gasteiger partial charge in [0.2, 0.25) is 5.89 Å². The van der Waals surface area contributed by atoms with Crippen molar-refractivity contribution in [3.63, 3.8) is 0 Å². The average molecular weight is 416 g/mol. The summed E-state index contributed by atoms with van der Waals surface area (Å²) in [7, 11) is 0. The molecule has 5 rings (SSSR count). The van der Waals surface area contributed by atoms with Crippen LogP contribution in [0.5, 0.6) is 5.75 Å². The first-order valence-corrected chi connectivity index (χ1v) is 10.8. The number of benzene rings is 2. The number of oxazole rings is 1. The lowest BCUT2D eigenvalue weighted by Gasteiger charge is -2.08. The van der Waals surface area contributed by atoms with E-state index in [4.69, 9.17) is 9.15 Å². The lowest BCUT2D eigenvalue weighted by Crippen LogP contribution is -1.98. The van der Waals surface area contributed by atoms with Gasteiger partial charge in [-0.1, -0.05) is 24.3 Å². The maximum atomic E-state index is 6.04. The van der Waals surface area contributed by atoms with Gasteiger partial charge in [0.05, 0.1) is 11.2 Å².